The van der Waals surface area contributed by atoms with Gasteiger partial charge in [0.1, 0.15) is 11.5 Å². The SMILES string of the molecule is CSc1ncc(Br)c(C(=O)NCC(c2ccco2)N2CCOCC2)n1. The van der Waals surface area contributed by atoms with Gasteiger partial charge in [0.2, 0.25) is 0 Å². The molecule has 9 heteroatoms. The van der Waals surface area contributed by atoms with Crippen LogP contribution in [0, 0.1) is 0 Å². The summed E-state index contributed by atoms with van der Waals surface area (Å²) in [5.41, 5.74) is 0.333. The lowest BCUT2D eigenvalue weighted by molar-refractivity contribution is 0.0118. The molecule has 2 aromatic rings. The highest BCUT2D eigenvalue weighted by Crippen LogP contribution is 2.22. The second-order valence-corrected chi connectivity index (χ2v) is 7.07. The maximum atomic E-state index is 12.6. The lowest BCUT2D eigenvalue weighted by atomic mass is 10.1. The topological polar surface area (TPSA) is 80.5 Å². The number of ether oxygens (including phenoxy) is 1. The summed E-state index contributed by atoms with van der Waals surface area (Å²) < 4.78 is 11.6. The van der Waals surface area contributed by atoms with Crippen molar-refractivity contribution >= 4 is 33.6 Å². The first-order chi connectivity index (χ1) is 12.2. The average Bonchev–Trinajstić information content (AvgIpc) is 3.17. The molecule has 0 spiro atoms. The van der Waals surface area contributed by atoms with Crippen molar-refractivity contribution < 1.29 is 13.9 Å². The summed E-state index contributed by atoms with van der Waals surface area (Å²) in [6.45, 7) is 3.39. The monoisotopic (exact) mass is 426 g/mol. The number of nitrogens with zero attached hydrogens (tertiary/aromatic N) is 3. The van der Waals surface area contributed by atoms with Gasteiger partial charge in [-0.25, -0.2) is 9.97 Å². The highest BCUT2D eigenvalue weighted by Gasteiger charge is 2.26. The van der Waals surface area contributed by atoms with E-state index in [4.69, 9.17) is 9.15 Å². The predicted octanol–water partition coefficient (Wildman–Crippen LogP) is 2.36. The Bertz CT molecular complexity index is 707. The minimum absolute atomic E-state index is 0.0384. The molecule has 1 atom stereocenters. The third-order valence-corrected chi connectivity index (χ3v) is 5.08. The summed E-state index contributed by atoms with van der Waals surface area (Å²) in [4.78, 5) is 23.2. The van der Waals surface area contributed by atoms with Gasteiger partial charge in [-0.1, -0.05) is 11.8 Å². The van der Waals surface area contributed by atoms with Crippen LogP contribution in [0.1, 0.15) is 22.3 Å². The molecule has 0 saturated carbocycles. The first kappa shape index (κ1) is 18.4. The first-order valence-electron chi connectivity index (χ1n) is 7.89. The van der Waals surface area contributed by atoms with E-state index in [0.717, 1.165) is 18.8 Å². The molecule has 0 bridgehead atoms. The normalized spacial score (nSPS) is 16.6. The summed E-state index contributed by atoms with van der Waals surface area (Å²) in [5, 5.41) is 3.53. The van der Waals surface area contributed by atoms with Gasteiger partial charge in [-0.3, -0.25) is 9.69 Å². The van der Waals surface area contributed by atoms with Crippen molar-refractivity contribution in [3.63, 3.8) is 0 Å². The fraction of sp³-hybridized carbons (Fsp3) is 0.438. The Morgan fingerprint density at radius 3 is 2.96 bits per heavy atom. The van der Waals surface area contributed by atoms with Crippen molar-refractivity contribution in [3.05, 3.63) is 40.5 Å². The maximum Gasteiger partial charge on any atom is 0.271 e. The quantitative estimate of drug-likeness (QED) is 0.560. The molecule has 2 aromatic heterocycles. The molecule has 1 aliphatic heterocycles. The van der Waals surface area contributed by atoms with Crippen LogP contribution >= 0.6 is 27.7 Å². The first-order valence-corrected chi connectivity index (χ1v) is 9.90. The van der Waals surface area contributed by atoms with Crippen LogP contribution in [-0.4, -0.2) is 59.9 Å². The van der Waals surface area contributed by atoms with E-state index in [2.05, 4.69) is 36.1 Å². The zero-order valence-electron chi connectivity index (χ0n) is 13.8. The van der Waals surface area contributed by atoms with E-state index in [0.29, 0.717) is 35.1 Å². The molecule has 1 amide bonds. The number of furan rings is 1. The van der Waals surface area contributed by atoms with Gasteiger partial charge in [-0.2, -0.15) is 0 Å². The van der Waals surface area contributed by atoms with E-state index in [1.54, 1.807) is 12.5 Å². The highest BCUT2D eigenvalue weighted by molar-refractivity contribution is 9.10. The maximum absolute atomic E-state index is 12.6. The summed E-state index contributed by atoms with van der Waals surface area (Å²) >= 11 is 4.74. The lowest BCUT2D eigenvalue weighted by Gasteiger charge is -2.33. The molecule has 1 fully saturated rings. The Morgan fingerprint density at radius 1 is 1.48 bits per heavy atom. The molecule has 25 heavy (non-hydrogen) atoms. The Balaban J connectivity index is 1.71. The number of morpholine rings is 1. The summed E-state index contributed by atoms with van der Waals surface area (Å²) in [6.07, 6.45) is 5.12. The lowest BCUT2D eigenvalue weighted by Crippen LogP contribution is -2.43. The van der Waals surface area contributed by atoms with Gasteiger partial charge >= 0.3 is 0 Å². The molecule has 1 aliphatic rings. The van der Waals surface area contributed by atoms with Crippen molar-refractivity contribution in [3.8, 4) is 0 Å². The van der Waals surface area contributed by atoms with Crippen LogP contribution in [0.3, 0.4) is 0 Å². The number of hydrogen-bond donors (Lipinski definition) is 1. The van der Waals surface area contributed by atoms with Crippen molar-refractivity contribution in [2.45, 2.75) is 11.2 Å². The molecule has 134 valence electrons. The zero-order chi connectivity index (χ0) is 17.6. The molecule has 3 heterocycles. The van der Waals surface area contributed by atoms with Crippen LogP contribution in [0.15, 0.2) is 38.6 Å². The third kappa shape index (κ3) is 4.60. The number of thioether (sulfide) groups is 1. The molecule has 1 saturated heterocycles. The van der Waals surface area contributed by atoms with Gasteiger partial charge in [0.25, 0.3) is 5.91 Å². The molecule has 3 rings (SSSR count). The number of carbonyl (C=O) groups is 1. The number of nitrogens with one attached hydrogen (secondary N) is 1. The van der Waals surface area contributed by atoms with Gasteiger partial charge in [0.05, 0.1) is 30.0 Å². The Morgan fingerprint density at radius 2 is 2.28 bits per heavy atom. The molecule has 1 unspecified atom stereocenters. The van der Waals surface area contributed by atoms with E-state index in [1.807, 2.05) is 18.4 Å². The van der Waals surface area contributed by atoms with Gasteiger partial charge in [-0.05, 0) is 34.3 Å². The number of carbonyl (C=O) groups excluding carboxylic acids is 1. The molecule has 7 nitrogen and oxygen atoms in total. The smallest absolute Gasteiger partial charge is 0.271 e. The summed E-state index contributed by atoms with van der Waals surface area (Å²) in [6, 6.07) is 3.75. The fourth-order valence-corrected chi connectivity index (χ4v) is 3.37. The minimum Gasteiger partial charge on any atom is -0.468 e. The molecular formula is C16H19BrN4O3S. The van der Waals surface area contributed by atoms with Crippen LogP contribution in [0.5, 0.6) is 0 Å². The second kappa shape index (κ2) is 8.79. The van der Waals surface area contributed by atoms with Crippen LogP contribution in [-0.2, 0) is 4.74 Å². The van der Waals surface area contributed by atoms with Crippen LogP contribution in [0.25, 0.3) is 0 Å². The zero-order valence-corrected chi connectivity index (χ0v) is 16.2. The van der Waals surface area contributed by atoms with Gasteiger partial charge in [0.15, 0.2) is 5.16 Å². The third-order valence-electron chi connectivity index (χ3n) is 3.93. The number of hydrogen-bond acceptors (Lipinski definition) is 7. The van der Waals surface area contributed by atoms with Gasteiger partial charge in [0, 0.05) is 25.8 Å². The Kier molecular flexibility index (Phi) is 6.46. The van der Waals surface area contributed by atoms with Crippen molar-refractivity contribution in [2.24, 2.45) is 0 Å². The van der Waals surface area contributed by atoms with E-state index in [9.17, 15) is 4.79 Å². The Hall–Kier alpha value is -1.42. The molecule has 0 radical (unpaired) electrons. The fourth-order valence-electron chi connectivity index (χ4n) is 2.66. The number of rotatable bonds is 6. The van der Waals surface area contributed by atoms with Crippen molar-refractivity contribution in [2.75, 3.05) is 39.1 Å². The Labute approximate surface area is 158 Å². The van der Waals surface area contributed by atoms with E-state index >= 15 is 0 Å². The summed E-state index contributed by atoms with van der Waals surface area (Å²) in [5.74, 6) is 0.586. The molecular weight excluding hydrogens is 408 g/mol. The van der Waals surface area contributed by atoms with Crippen LogP contribution < -0.4 is 5.32 Å². The summed E-state index contributed by atoms with van der Waals surface area (Å²) in [7, 11) is 0. The van der Waals surface area contributed by atoms with Gasteiger partial charge < -0.3 is 14.5 Å². The number of halogens is 1. The van der Waals surface area contributed by atoms with Crippen LogP contribution in [0.4, 0.5) is 0 Å². The number of amides is 1. The van der Waals surface area contributed by atoms with Gasteiger partial charge in [-0.15, -0.1) is 0 Å². The predicted molar refractivity (Wildman–Crippen MR) is 97.7 cm³/mol. The molecule has 0 aromatic carbocycles. The second-order valence-electron chi connectivity index (χ2n) is 5.44. The van der Waals surface area contributed by atoms with Crippen molar-refractivity contribution in [1.29, 1.82) is 0 Å². The number of aromatic nitrogens is 2. The standard InChI is InChI=1S/C16H19BrN4O3S/c1-25-16-19-9-11(17)14(20-16)15(22)18-10-12(13-3-2-6-24-13)21-4-7-23-8-5-21/h2-3,6,9,12H,4-5,7-8,10H2,1H3,(H,18,22). The minimum atomic E-state index is -0.241. The molecule has 0 aliphatic carbocycles. The molecule has 1 N–H and O–H groups in total. The largest absolute Gasteiger partial charge is 0.468 e. The average molecular weight is 427 g/mol. The highest BCUT2D eigenvalue weighted by atomic mass is 79.9. The van der Waals surface area contributed by atoms with E-state index in [1.165, 1.54) is 11.8 Å². The van der Waals surface area contributed by atoms with E-state index in [-0.39, 0.29) is 11.9 Å². The van der Waals surface area contributed by atoms with E-state index < -0.39 is 0 Å². The van der Waals surface area contributed by atoms with Crippen molar-refractivity contribution in [1.82, 2.24) is 20.2 Å². The van der Waals surface area contributed by atoms with Crippen LogP contribution in [0.2, 0.25) is 0 Å².